The summed E-state index contributed by atoms with van der Waals surface area (Å²) < 4.78 is 9.31. The smallest absolute Gasteiger partial charge is 0.180 e. The molecule has 0 aliphatic rings. The number of nitrogens with zero attached hydrogens (tertiary/aromatic N) is 2. The highest BCUT2D eigenvalue weighted by molar-refractivity contribution is 5.47. The first-order valence-corrected chi connectivity index (χ1v) is 2.71. The van der Waals surface area contributed by atoms with Crippen LogP contribution in [0.3, 0.4) is 0 Å². The van der Waals surface area contributed by atoms with Crippen LogP contribution in [0.1, 0.15) is 0 Å². The second kappa shape index (κ2) is 1.98. The van der Waals surface area contributed by atoms with Gasteiger partial charge in [0.15, 0.2) is 17.7 Å². The first kappa shape index (κ1) is 5.22. The molecule has 0 amide bonds. The van der Waals surface area contributed by atoms with Crippen LogP contribution in [0.2, 0.25) is 0 Å². The minimum atomic E-state index is 0.491. The van der Waals surface area contributed by atoms with Crippen LogP contribution >= 0.6 is 0 Å². The molecule has 0 spiro atoms. The first-order valence-electron chi connectivity index (χ1n) is 2.71. The summed E-state index contributed by atoms with van der Waals surface area (Å²) in [6.45, 7) is 0. The monoisotopic (exact) mass is 135 g/mol. The molecule has 4 heteroatoms. The Kier molecular flexibility index (Phi) is 1.04. The summed E-state index contributed by atoms with van der Waals surface area (Å²) in [6, 6.07) is 3.52. The van der Waals surface area contributed by atoms with Gasteiger partial charge in [-0.2, -0.15) is 0 Å². The summed E-state index contributed by atoms with van der Waals surface area (Å²) in [5.41, 5.74) is 0.491. The van der Waals surface area contributed by atoms with E-state index >= 15 is 0 Å². The summed E-state index contributed by atoms with van der Waals surface area (Å²) >= 11 is 0. The van der Waals surface area contributed by atoms with Crippen molar-refractivity contribution in [2.24, 2.45) is 0 Å². The van der Waals surface area contributed by atoms with Crippen LogP contribution in [-0.4, -0.2) is 10.3 Å². The van der Waals surface area contributed by atoms with Gasteiger partial charge in [-0.15, -0.1) is 0 Å². The highest BCUT2D eigenvalue weighted by Gasteiger charge is 2.03. The normalized spacial score (nSPS) is 10.0. The molecule has 1 radical (unpaired) electrons. The van der Waals surface area contributed by atoms with E-state index in [1.165, 1.54) is 0 Å². The van der Waals surface area contributed by atoms with Crippen molar-refractivity contribution in [3.8, 4) is 11.5 Å². The van der Waals surface area contributed by atoms with Crippen LogP contribution in [0.4, 0.5) is 0 Å². The lowest BCUT2D eigenvalue weighted by Crippen LogP contribution is -1.68. The lowest BCUT2D eigenvalue weighted by Gasteiger charge is -1.79. The van der Waals surface area contributed by atoms with Crippen molar-refractivity contribution < 1.29 is 9.05 Å². The SMILES string of the molecule is [c]1nonc1-c1ccco1. The van der Waals surface area contributed by atoms with Gasteiger partial charge in [0.2, 0.25) is 0 Å². The predicted octanol–water partition coefficient (Wildman–Crippen LogP) is 1.13. The van der Waals surface area contributed by atoms with Crippen molar-refractivity contribution in [2.45, 2.75) is 0 Å². The summed E-state index contributed by atoms with van der Waals surface area (Å²) in [7, 11) is 0. The fourth-order valence-corrected chi connectivity index (χ4v) is 0.659. The number of rotatable bonds is 1. The van der Waals surface area contributed by atoms with Crippen LogP contribution in [0, 0.1) is 6.20 Å². The summed E-state index contributed by atoms with van der Waals surface area (Å²) in [6.07, 6.45) is 4.07. The van der Waals surface area contributed by atoms with Gasteiger partial charge in [-0.25, -0.2) is 4.63 Å². The van der Waals surface area contributed by atoms with Crippen LogP contribution in [0.15, 0.2) is 27.4 Å². The molecule has 0 saturated carbocycles. The summed E-state index contributed by atoms with van der Waals surface area (Å²) in [5.74, 6) is 0.612. The Morgan fingerprint density at radius 3 is 3.10 bits per heavy atom. The van der Waals surface area contributed by atoms with Crippen LogP contribution in [-0.2, 0) is 0 Å². The number of aromatic nitrogens is 2. The molecule has 4 nitrogen and oxygen atoms in total. The molecular weight excluding hydrogens is 132 g/mol. The average Bonchev–Trinajstić information content (AvgIpc) is 2.59. The van der Waals surface area contributed by atoms with Gasteiger partial charge in [-0.3, -0.25) is 0 Å². The standard InChI is InChI=1S/C6H3N2O2/c1-2-6(9-3-1)5-4-7-10-8-5/h1-3H. The molecule has 2 aromatic rings. The molecular formula is C6H3N2O2. The molecule has 0 saturated heterocycles. The molecule has 0 fully saturated rings. The van der Waals surface area contributed by atoms with Crippen molar-refractivity contribution in [3.05, 3.63) is 24.6 Å². The van der Waals surface area contributed by atoms with Crippen LogP contribution < -0.4 is 0 Å². The Bertz CT molecular complexity index is 253. The Labute approximate surface area is 56.4 Å². The number of hydrogen-bond acceptors (Lipinski definition) is 4. The van der Waals surface area contributed by atoms with Gasteiger partial charge in [-0.05, 0) is 22.4 Å². The van der Waals surface area contributed by atoms with Gasteiger partial charge in [0.25, 0.3) is 0 Å². The Balaban J connectivity index is 2.48. The van der Waals surface area contributed by atoms with E-state index in [4.69, 9.17) is 4.42 Å². The number of hydrogen-bond donors (Lipinski definition) is 0. The lowest BCUT2D eigenvalue weighted by molar-refractivity contribution is 0.306. The Morgan fingerprint density at radius 1 is 1.50 bits per heavy atom. The van der Waals surface area contributed by atoms with Crippen molar-refractivity contribution in [1.82, 2.24) is 10.3 Å². The summed E-state index contributed by atoms with van der Waals surface area (Å²) in [4.78, 5) is 0. The van der Waals surface area contributed by atoms with E-state index in [-0.39, 0.29) is 0 Å². The first-order chi connectivity index (χ1) is 4.97. The van der Waals surface area contributed by atoms with E-state index in [0.717, 1.165) is 0 Å². The fourth-order valence-electron chi connectivity index (χ4n) is 0.659. The summed E-state index contributed by atoms with van der Waals surface area (Å²) in [5, 5.41) is 6.83. The average molecular weight is 135 g/mol. The molecule has 2 aromatic heterocycles. The maximum Gasteiger partial charge on any atom is 0.180 e. The van der Waals surface area contributed by atoms with E-state index < -0.39 is 0 Å². The zero-order valence-electron chi connectivity index (χ0n) is 4.94. The largest absolute Gasteiger partial charge is 0.463 e. The molecule has 0 atom stereocenters. The molecule has 10 heavy (non-hydrogen) atoms. The maximum atomic E-state index is 4.98. The lowest BCUT2D eigenvalue weighted by atomic mass is 10.4. The zero-order valence-corrected chi connectivity index (χ0v) is 4.94. The quantitative estimate of drug-likeness (QED) is 0.588. The van der Waals surface area contributed by atoms with Gasteiger partial charge in [0, 0.05) is 0 Å². The number of furan rings is 1. The highest BCUT2D eigenvalue weighted by Crippen LogP contribution is 2.14. The molecule has 2 rings (SSSR count). The van der Waals surface area contributed by atoms with E-state index in [1.54, 1.807) is 18.4 Å². The van der Waals surface area contributed by atoms with Crippen molar-refractivity contribution in [2.75, 3.05) is 0 Å². The molecule has 0 aromatic carbocycles. The van der Waals surface area contributed by atoms with Crippen LogP contribution in [0.5, 0.6) is 0 Å². The zero-order chi connectivity index (χ0) is 6.81. The van der Waals surface area contributed by atoms with Crippen molar-refractivity contribution in [1.29, 1.82) is 0 Å². The van der Waals surface area contributed by atoms with Gasteiger partial charge < -0.3 is 4.42 Å². The van der Waals surface area contributed by atoms with E-state index in [2.05, 4.69) is 21.1 Å². The predicted molar refractivity (Wildman–Crippen MR) is 30.8 cm³/mol. The van der Waals surface area contributed by atoms with Crippen molar-refractivity contribution in [3.63, 3.8) is 0 Å². The maximum absolute atomic E-state index is 4.98. The van der Waals surface area contributed by atoms with Gasteiger partial charge in [-0.1, -0.05) is 0 Å². The molecule has 0 aliphatic carbocycles. The van der Waals surface area contributed by atoms with E-state index in [0.29, 0.717) is 11.5 Å². The van der Waals surface area contributed by atoms with Crippen molar-refractivity contribution >= 4 is 0 Å². The highest BCUT2D eigenvalue weighted by atomic mass is 16.6. The molecule has 0 unspecified atom stereocenters. The van der Waals surface area contributed by atoms with Crippen LogP contribution in [0.25, 0.3) is 11.5 Å². The minimum absolute atomic E-state index is 0.491. The van der Waals surface area contributed by atoms with E-state index in [1.807, 2.05) is 0 Å². The van der Waals surface area contributed by atoms with Gasteiger partial charge in [0.1, 0.15) is 0 Å². The van der Waals surface area contributed by atoms with E-state index in [9.17, 15) is 0 Å². The van der Waals surface area contributed by atoms with Gasteiger partial charge >= 0.3 is 0 Å². The topological polar surface area (TPSA) is 52.1 Å². The molecule has 0 N–H and O–H groups in total. The second-order valence-electron chi connectivity index (χ2n) is 1.70. The molecule has 0 bridgehead atoms. The fraction of sp³-hybridized carbons (Fsp3) is 0. The third-order valence-corrected chi connectivity index (χ3v) is 1.08. The molecule has 0 aliphatic heterocycles. The minimum Gasteiger partial charge on any atom is -0.463 e. The molecule has 2 heterocycles. The molecule has 49 valence electrons. The Morgan fingerprint density at radius 2 is 2.50 bits per heavy atom. The third kappa shape index (κ3) is 0.699. The second-order valence-corrected chi connectivity index (χ2v) is 1.70. The third-order valence-electron chi connectivity index (χ3n) is 1.08. The van der Waals surface area contributed by atoms with Gasteiger partial charge in [0.05, 0.1) is 6.26 Å². The Hall–Kier alpha value is -1.58.